The number of hydrogen-bond donors (Lipinski definition) is 2. The van der Waals surface area contributed by atoms with Gasteiger partial charge in [-0.15, -0.1) is 0 Å². The van der Waals surface area contributed by atoms with Crippen molar-refractivity contribution in [2.45, 2.75) is 25.2 Å². The van der Waals surface area contributed by atoms with Crippen LogP contribution < -0.4 is 5.32 Å². The van der Waals surface area contributed by atoms with Crippen molar-refractivity contribution in [1.29, 1.82) is 0 Å². The largest absolute Gasteiger partial charge is 0.395 e. The summed E-state index contributed by atoms with van der Waals surface area (Å²) in [6.07, 6.45) is -0.463. The highest BCUT2D eigenvalue weighted by molar-refractivity contribution is 5.93. The van der Waals surface area contributed by atoms with Crippen molar-refractivity contribution in [2.75, 3.05) is 20.2 Å². The summed E-state index contributed by atoms with van der Waals surface area (Å²) in [7, 11) is 1.59. The van der Waals surface area contributed by atoms with E-state index >= 15 is 0 Å². The maximum Gasteiger partial charge on any atom is 0.251 e. The number of aliphatic hydroxyl groups is 1. The highest BCUT2D eigenvalue weighted by Gasteiger charge is 2.31. The van der Waals surface area contributed by atoms with Gasteiger partial charge >= 0.3 is 0 Å². The first-order chi connectivity index (χ1) is 9.13. The topological polar surface area (TPSA) is 52.6 Å². The number of benzene rings is 1. The molecule has 104 valence electrons. The quantitative estimate of drug-likeness (QED) is 0.853. The molecule has 1 amide bonds. The molecule has 2 rings (SSSR count). The minimum Gasteiger partial charge on any atom is -0.395 e. The zero-order valence-corrected chi connectivity index (χ0v) is 11.0. The van der Waals surface area contributed by atoms with Gasteiger partial charge in [-0.05, 0) is 24.1 Å². The molecule has 1 aliphatic heterocycles. The lowest BCUT2D eigenvalue weighted by atomic mass is 10.1. The summed E-state index contributed by atoms with van der Waals surface area (Å²) >= 11 is 0. The van der Waals surface area contributed by atoms with Crippen LogP contribution in [0, 0.1) is 0 Å². The highest BCUT2D eigenvalue weighted by Crippen LogP contribution is 2.22. The summed E-state index contributed by atoms with van der Waals surface area (Å²) in [5, 5.41) is 11.8. The summed E-state index contributed by atoms with van der Waals surface area (Å²) in [6.45, 7) is 0.943. The molecule has 2 atom stereocenters. The molecule has 2 N–H and O–H groups in total. The van der Waals surface area contributed by atoms with E-state index in [1.807, 2.05) is 17.0 Å². The number of hydrogen-bond acceptors (Lipinski definition) is 3. The van der Waals surface area contributed by atoms with Crippen molar-refractivity contribution in [2.24, 2.45) is 0 Å². The molecular formula is C14H19FN2O2. The van der Waals surface area contributed by atoms with Gasteiger partial charge in [0.25, 0.3) is 5.91 Å². The van der Waals surface area contributed by atoms with Gasteiger partial charge < -0.3 is 10.4 Å². The first-order valence-corrected chi connectivity index (χ1v) is 6.44. The number of nitrogens with one attached hydrogen (secondary N) is 1. The third-order valence-electron chi connectivity index (χ3n) is 3.52. The Morgan fingerprint density at radius 2 is 2.16 bits per heavy atom. The fourth-order valence-corrected chi connectivity index (χ4v) is 2.45. The number of aliphatic hydroxyl groups excluding tert-OH is 1. The molecule has 1 saturated heterocycles. The Bertz CT molecular complexity index is 436. The van der Waals surface area contributed by atoms with Crippen molar-refractivity contribution in [3.63, 3.8) is 0 Å². The Morgan fingerprint density at radius 1 is 1.47 bits per heavy atom. The first-order valence-electron chi connectivity index (χ1n) is 6.44. The van der Waals surface area contributed by atoms with Gasteiger partial charge in [0, 0.05) is 31.7 Å². The first kappa shape index (κ1) is 14.0. The van der Waals surface area contributed by atoms with Crippen LogP contribution in [-0.2, 0) is 6.54 Å². The van der Waals surface area contributed by atoms with E-state index in [4.69, 9.17) is 0 Å². The summed E-state index contributed by atoms with van der Waals surface area (Å²) in [5.41, 5.74) is 1.62. The molecule has 0 saturated carbocycles. The van der Waals surface area contributed by atoms with Gasteiger partial charge in [-0.2, -0.15) is 0 Å². The van der Waals surface area contributed by atoms with E-state index in [1.165, 1.54) is 0 Å². The Hall–Kier alpha value is -1.46. The molecule has 4 nitrogen and oxygen atoms in total. The number of nitrogens with zero attached hydrogens (tertiary/aromatic N) is 1. The average Bonchev–Trinajstić information content (AvgIpc) is 2.78. The number of halogens is 1. The summed E-state index contributed by atoms with van der Waals surface area (Å²) in [4.78, 5) is 13.4. The number of alkyl halides is 1. The zero-order valence-electron chi connectivity index (χ0n) is 11.0. The molecule has 1 fully saturated rings. The van der Waals surface area contributed by atoms with Crippen molar-refractivity contribution >= 4 is 5.91 Å². The summed E-state index contributed by atoms with van der Waals surface area (Å²) in [6, 6.07) is 7.14. The van der Waals surface area contributed by atoms with E-state index < -0.39 is 6.17 Å². The van der Waals surface area contributed by atoms with Crippen molar-refractivity contribution in [3.8, 4) is 0 Å². The number of amides is 1. The summed E-state index contributed by atoms with van der Waals surface area (Å²) < 4.78 is 13.3. The van der Waals surface area contributed by atoms with E-state index in [0.717, 1.165) is 5.56 Å². The van der Waals surface area contributed by atoms with E-state index in [9.17, 15) is 14.3 Å². The van der Waals surface area contributed by atoms with Crippen molar-refractivity contribution in [1.82, 2.24) is 10.2 Å². The SMILES string of the molecule is CNC(=O)c1ccc(CN2C[C@@H](F)C[C@H]2CO)cc1. The van der Waals surface area contributed by atoms with E-state index in [-0.39, 0.29) is 18.6 Å². The second-order valence-corrected chi connectivity index (χ2v) is 4.87. The van der Waals surface area contributed by atoms with Crippen LogP contribution in [0.4, 0.5) is 4.39 Å². The Balaban J connectivity index is 2.01. The van der Waals surface area contributed by atoms with Crippen LogP contribution in [-0.4, -0.2) is 48.3 Å². The van der Waals surface area contributed by atoms with Crippen LogP contribution in [0.5, 0.6) is 0 Å². The molecule has 1 aromatic carbocycles. The molecule has 0 spiro atoms. The van der Waals surface area contributed by atoms with Gasteiger partial charge in [0.05, 0.1) is 6.61 Å². The van der Waals surface area contributed by atoms with Crippen molar-refractivity contribution in [3.05, 3.63) is 35.4 Å². The monoisotopic (exact) mass is 266 g/mol. The molecule has 1 heterocycles. The van der Waals surface area contributed by atoms with Crippen LogP contribution in [0.3, 0.4) is 0 Å². The number of carbonyl (C=O) groups excluding carboxylic acids is 1. The predicted molar refractivity (Wildman–Crippen MR) is 70.6 cm³/mol. The normalized spacial score (nSPS) is 23.5. The van der Waals surface area contributed by atoms with E-state index in [1.54, 1.807) is 19.2 Å². The van der Waals surface area contributed by atoms with Crippen LogP contribution >= 0.6 is 0 Å². The molecule has 0 aliphatic carbocycles. The van der Waals surface area contributed by atoms with Gasteiger partial charge in [0.1, 0.15) is 6.17 Å². The smallest absolute Gasteiger partial charge is 0.251 e. The maximum atomic E-state index is 13.3. The Kier molecular flexibility index (Phi) is 4.50. The maximum absolute atomic E-state index is 13.3. The molecular weight excluding hydrogens is 247 g/mol. The van der Waals surface area contributed by atoms with Crippen molar-refractivity contribution < 1.29 is 14.3 Å². The number of rotatable bonds is 4. The fraction of sp³-hybridized carbons (Fsp3) is 0.500. The van der Waals surface area contributed by atoms with Crippen LogP contribution in [0.1, 0.15) is 22.3 Å². The molecule has 0 bridgehead atoms. The van der Waals surface area contributed by atoms with Crippen LogP contribution in [0.25, 0.3) is 0 Å². The second kappa shape index (κ2) is 6.12. The van der Waals surface area contributed by atoms with Gasteiger partial charge in [0.15, 0.2) is 0 Å². The molecule has 0 aromatic heterocycles. The standard InChI is InChI=1S/C14H19FN2O2/c1-16-14(19)11-4-2-10(3-5-11)7-17-8-12(15)6-13(17)9-18/h2-5,12-13,18H,6-9H2,1H3,(H,16,19)/t12-,13-/m0/s1. The molecule has 5 heteroatoms. The lowest BCUT2D eigenvalue weighted by molar-refractivity contribution is 0.0963. The Morgan fingerprint density at radius 3 is 2.74 bits per heavy atom. The molecule has 1 aliphatic rings. The molecule has 19 heavy (non-hydrogen) atoms. The Labute approximate surface area is 112 Å². The highest BCUT2D eigenvalue weighted by atomic mass is 19.1. The fourth-order valence-electron chi connectivity index (χ4n) is 2.45. The minimum atomic E-state index is -0.859. The van der Waals surface area contributed by atoms with Gasteiger partial charge in [-0.25, -0.2) is 4.39 Å². The number of likely N-dealkylation sites (tertiary alicyclic amines) is 1. The van der Waals surface area contributed by atoms with E-state index in [0.29, 0.717) is 25.1 Å². The van der Waals surface area contributed by atoms with Gasteiger partial charge in [-0.1, -0.05) is 12.1 Å². The lowest BCUT2D eigenvalue weighted by Gasteiger charge is -2.22. The van der Waals surface area contributed by atoms with Gasteiger partial charge in [0.2, 0.25) is 0 Å². The molecule has 1 aromatic rings. The summed E-state index contributed by atoms with van der Waals surface area (Å²) in [5.74, 6) is -0.121. The van der Waals surface area contributed by atoms with Crippen LogP contribution in [0.15, 0.2) is 24.3 Å². The van der Waals surface area contributed by atoms with Gasteiger partial charge in [-0.3, -0.25) is 9.69 Å². The number of carbonyl (C=O) groups is 1. The average molecular weight is 266 g/mol. The third kappa shape index (κ3) is 3.30. The third-order valence-corrected chi connectivity index (χ3v) is 3.52. The second-order valence-electron chi connectivity index (χ2n) is 4.87. The van der Waals surface area contributed by atoms with E-state index in [2.05, 4.69) is 5.32 Å². The molecule has 0 unspecified atom stereocenters. The zero-order chi connectivity index (χ0) is 13.8. The van der Waals surface area contributed by atoms with Crippen LogP contribution in [0.2, 0.25) is 0 Å². The predicted octanol–water partition coefficient (Wildman–Crippen LogP) is 0.951. The lowest BCUT2D eigenvalue weighted by Crippen LogP contribution is -2.31. The molecule has 0 radical (unpaired) electrons. The minimum absolute atomic E-state index is 0.0171.